The first kappa shape index (κ1) is 20.6. The van der Waals surface area contributed by atoms with Crippen molar-refractivity contribution in [2.75, 3.05) is 18.8 Å². The van der Waals surface area contributed by atoms with Crippen LogP contribution in [0.25, 0.3) is 10.9 Å². The monoisotopic (exact) mass is 445 g/mol. The van der Waals surface area contributed by atoms with E-state index in [4.69, 9.17) is 11.6 Å². The zero-order valence-corrected chi connectivity index (χ0v) is 17.6. The van der Waals surface area contributed by atoms with Crippen molar-refractivity contribution in [3.8, 4) is 0 Å². The number of amides is 1. The molecule has 7 nitrogen and oxygen atoms in total. The summed E-state index contributed by atoms with van der Waals surface area (Å²) < 4.78 is 26.9. The summed E-state index contributed by atoms with van der Waals surface area (Å²) in [6.07, 6.45) is 1.60. The Morgan fingerprint density at radius 1 is 1.10 bits per heavy atom. The predicted molar refractivity (Wildman–Crippen MR) is 115 cm³/mol. The Bertz CT molecular complexity index is 1270. The van der Waals surface area contributed by atoms with E-state index in [-0.39, 0.29) is 43.3 Å². The van der Waals surface area contributed by atoms with Crippen LogP contribution in [0.4, 0.5) is 0 Å². The second kappa shape index (κ2) is 8.20. The number of carbonyl (C=O) groups is 1. The number of hydrogen-bond acceptors (Lipinski definition) is 5. The smallest absolute Gasteiger partial charge is 0.261 e. The van der Waals surface area contributed by atoms with Gasteiger partial charge in [-0.25, -0.2) is 13.4 Å². The van der Waals surface area contributed by atoms with Gasteiger partial charge in [-0.15, -0.1) is 0 Å². The maximum atomic E-state index is 12.8. The van der Waals surface area contributed by atoms with E-state index in [1.807, 2.05) is 0 Å². The van der Waals surface area contributed by atoms with Gasteiger partial charge in [-0.3, -0.25) is 14.2 Å². The predicted octanol–water partition coefficient (Wildman–Crippen LogP) is 2.44. The summed E-state index contributed by atoms with van der Waals surface area (Å²) in [6, 6.07) is 13.8. The van der Waals surface area contributed by atoms with E-state index in [1.54, 1.807) is 48.5 Å². The van der Waals surface area contributed by atoms with Gasteiger partial charge in [0.05, 0.1) is 28.2 Å². The highest BCUT2D eigenvalue weighted by Gasteiger charge is 2.33. The molecule has 4 rings (SSSR count). The lowest BCUT2D eigenvalue weighted by molar-refractivity contribution is -0.131. The molecule has 1 atom stereocenters. The maximum Gasteiger partial charge on any atom is 0.261 e. The highest BCUT2D eigenvalue weighted by Crippen LogP contribution is 2.33. The minimum atomic E-state index is -3.47. The fourth-order valence-electron chi connectivity index (χ4n) is 3.74. The van der Waals surface area contributed by atoms with Crippen molar-refractivity contribution in [1.82, 2.24) is 14.5 Å². The van der Waals surface area contributed by atoms with Crippen molar-refractivity contribution >= 4 is 38.2 Å². The summed E-state index contributed by atoms with van der Waals surface area (Å²) in [4.78, 5) is 31.2. The summed E-state index contributed by atoms with van der Waals surface area (Å²) in [5.74, 6) is -0.469. The molecular formula is C21H20ClN3O4S. The molecule has 1 aliphatic rings. The van der Waals surface area contributed by atoms with Crippen LogP contribution in [0.15, 0.2) is 59.7 Å². The van der Waals surface area contributed by atoms with Crippen LogP contribution in [0.1, 0.15) is 17.2 Å². The van der Waals surface area contributed by atoms with E-state index in [9.17, 15) is 18.0 Å². The largest absolute Gasteiger partial charge is 0.340 e. The summed E-state index contributed by atoms with van der Waals surface area (Å²) in [5, 5.41) is 0.0822. The zero-order chi connectivity index (χ0) is 21.3. The van der Waals surface area contributed by atoms with Crippen molar-refractivity contribution in [2.24, 2.45) is 0 Å². The molecule has 3 aromatic rings. The molecule has 1 fully saturated rings. The van der Waals surface area contributed by atoms with Gasteiger partial charge < -0.3 is 4.90 Å². The van der Waals surface area contributed by atoms with Crippen LogP contribution in [0.5, 0.6) is 0 Å². The Morgan fingerprint density at radius 2 is 1.83 bits per heavy atom. The molecule has 1 aliphatic heterocycles. The van der Waals surface area contributed by atoms with E-state index in [0.717, 1.165) is 0 Å². The van der Waals surface area contributed by atoms with Gasteiger partial charge in [0, 0.05) is 18.1 Å². The first-order chi connectivity index (χ1) is 14.4. The van der Waals surface area contributed by atoms with E-state index in [0.29, 0.717) is 21.5 Å². The second-order valence-electron chi connectivity index (χ2n) is 7.24. The molecule has 2 heterocycles. The third-order valence-electron chi connectivity index (χ3n) is 5.38. The van der Waals surface area contributed by atoms with E-state index < -0.39 is 15.1 Å². The molecule has 0 aliphatic carbocycles. The molecule has 1 saturated heterocycles. The Labute approximate surface area is 178 Å². The summed E-state index contributed by atoms with van der Waals surface area (Å²) in [5.41, 5.74) is 0.823. The molecule has 2 aromatic carbocycles. The first-order valence-corrected chi connectivity index (χ1v) is 11.6. The first-order valence-electron chi connectivity index (χ1n) is 9.55. The van der Waals surface area contributed by atoms with Crippen molar-refractivity contribution in [3.05, 3.63) is 75.8 Å². The standard InChI is InChI=1S/C21H20ClN3O4S/c22-17-7-3-1-5-15(17)19-9-10-24(11-12-30(19,28)29)20(26)13-25-14-23-18-8-4-2-6-16(18)21(25)27/h1-8,14,19H,9-13H2. The van der Waals surface area contributed by atoms with Gasteiger partial charge in [0.1, 0.15) is 6.54 Å². The summed E-state index contributed by atoms with van der Waals surface area (Å²) in [6.45, 7) is 0.162. The molecule has 30 heavy (non-hydrogen) atoms. The van der Waals surface area contributed by atoms with E-state index >= 15 is 0 Å². The van der Waals surface area contributed by atoms with Crippen LogP contribution in [-0.4, -0.2) is 47.6 Å². The van der Waals surface area contributed by atoms with Gasteiger partial charge in [-0.05, 0) is 30.2 Å². The number of hydrogen-bond donors (Lipinski definition) is 0. The molecule has 1 aromatic heterocycles. The van der Waals surface area contributed by atoms with Crippen LogP contribution in [0.2, 0.25) is 5.02 Å². The number of nitrogens with zero attached hydrogens (tertiary/aromatic N) is 3. The average molecular weight is 446 g/mol. The third-order valence-corrected chi connectivity index (χ3v) is 7.83. The molecule has 0 saturated carbocycles. The molecule has 0 spiro atoms. The Balaban J connectivity index is 1.55. The highest BCUT2D eigenvalue weighted by atomic mass is 35.5. The lowest BCUT2D eigenvalue weighted by Gasteiger charge is -2.20. The van der Waals surface area contributed by atoms with Crippen LogP contribution in [0.3, 0.4) is 0 Å². The second-order valence-corrected chi connectivity index (χ2v) is 9.95. The van der Waals surface area contributed by atoms with Gasteiger partial charge in [-0.1, -0.05) is 41.9 Å². The van der Waals surface area contributed by atoms with Gasteiger partial charge in [0.15, 0.2) is 9.84 Å². The van der Waals surface area contributed by atoms with Gasteiger partial charge in [0.25, 0.3) is 5.56 Å². The van der Waals surface area contributed by atoms with Crippen molar-refractivity contribution in [3.63, 3.8) is 0 Å². The van der Waals surface area contributed by atoms with Crippen LogP contribution < -0.4 is 5.56 Å². The Kier molecular flexibility index (Phi) is 5.62. The normalized spacial score (nSPS) is 18.8. The molecule has 1 amide bonds. The Hall–Kier alpha value is -2.71. The quantitative estimate of drug-likeness (QED) is 0.617. The minimum Gasteiger partial charge on any atom is -0.340 e. The van der Waals surface area contributed by atoms with Crippen molar-refractivity contribution in [2.45, 2.75) is 18.2 Å². The summed E-state index contributed by atoms with van der Waals surface area (Å²) in [7, 11) is -3.47. The summed E-state index contributed by atoms with van der Waals surface area (Å²) >= 11 is 6.22. The molecule has 156 valence electrons. The molecule has 1 unspecified atom stereocenters. The molecular weight excluding hydrogens is 426 g/mol. The lowest BCUT2D eigenvalue weighted by atomic mass is 10.1. The van der Waals surface area contributed by atoms with Crippen molar-refractivity contribution < 1.29 is 13.2 Å². The zero-order valence-electron chi connectivity index (χ0n) is 16.1. The van der Waals surface area contributed by atoms with Crippen LogP contribution >= 0.6 is 11.6 Å². The third kappa shape index (κ3) is 3.97. The highest BCUT2D eigenvalue weighted by molar-refractivity contribution is 7.91. The fraction of sp³-hybridized carbons (Fsp3) is 0.286. The Morgan fingerprint density at radius 3 is 2.63 bits per heavy atom. The molecule has 0 bridgehead atoms. The minimum absolute atomic E-state index is 0.0812. The number of benzene rings is 2. The number of sulfone groups is 1. The number of fused-ring (bicyclic) bond motifs is 1. The van der Waals surface area contributed by atoms with Gasteiger partial charge in [0.2, 0.25) is 5.91 Å². The average Bonchev–Trinajstić information content (AvgIpc) is 2.89. The van der Waals surface area contributed by atoms with Gasteiger partial charge >= 0.3 is 0 Å². The fourth-order valence-corrected chi connectivity index (χ4v) is 5.89. The number of para-hydroxylation sites is 1. The SMILES string of the molecule is O=C(Cn1cnc2ccccc2c1=O)N1CCC(c2ccccc2Cl)S(=O)(=O)CC1. The number of carbonyl (C=O) groups excluding carboxylic acids is 1. The van der Waals surface area contributed by atoms with Crippen molar-refractivity contribution in [1.29, 1.82) is 0 Å². The topological polar surface area (TPSA) is 89.3 Å². The van der Waals surface area contributed by atoms with Crippen LogP contribution in [-0.2, 0) is 21.2 Å². The number of aromatic nitrogens is 2. The van der Waals surface area contributed by atoms with E-state index in [1.165, 1.54) is 15.8 Å². The van der Waals surface area contributed by atoms with Crippen LogP contribution in [0, 0.1) is 0 Å². The van der Waals surface area contributed by atoms with E-state index in [2.05, 4.69) is 4.98 Å². The lowest BCUT2D eigenvalue weighted by Crippen LogP contribution is -2.38. The number of halogens is 1. The number of rotatable bonds is 3. The molecule has 0 N–H and O–H groups in total. The maximum absolute atomic E-state index is 12.8. The molecule has 0 radical (unpaired) electrons. The van der Waals surface area contributed by atoms with Gasteiger partial charge in [-0.2, -0.15) is 0 Å². The molecule has 9 heteroatoms.